The van der Waals surface area contributed by atoms with Gasteiger partial charge in [-0.05, 0) is 42.8 Å². The quantitative estimate of drug-likeness (QED) is 0.808. The van der Waals surface area contributed by atoms with Crippen LogP contribution in [0.15, 0.2) is 35.1 Å². The Morgan fingerprint density at radius 1 is 1.34 bits per heavy atom. The highest BCUT2D eigenvalue weighted by Gasteiger charge is 2.33. The third-order valence-electron chi connectivity index (χ3n) is 4.44. The van der Waals surface area contributed by atoms with E-state index in [0.717, 1.165) is 11.6 Å². The topological polar surface area (TPSA) is 71.6 Å². The number of amides is 1. The van der Waals surface area contributed by atoms with Crippen LogP contribution in [-0.2, 0) is 10.9 Å². The molecule has 0 radical (unpaired) electrons. The number of halogens is 4. The average molecular weight is 431 g/mol. The molecule has 0 saturated carbocycles. The molecule has 3 rings (SSSR count). The first kappa shape index (κ1) is 21.2. The Balaban J connectivity index is 1.65. The van der Waals surface area contributed by atoms with Crippen LogP contribution in [0.4, 0.5) is 13.2 Å². The number of ether oxygens (including phenoxy) is 2. The number of alkyl halides is 3. The molecule has 0 aliphatic carbocycles. The standard InChI is InChI=1S/C19H18ClF3N2O4/c1-11-8-12(2-4-15(11)20)29-10-13-9-25(6-7-28-13)18(27)14-3-5-16(19(21,22)23)24-17(14)26/h2-5,8,13H,6-7,9-10H2,1H3,(H,24,26). The number of aromatic amines is 1. The molecule has 2 aromatic rings. The summed E-state index contributed by atoms with van der Waals surface area (Å²) in [6.07, 6.45) is -5.14. The van der Waals surface area contributed by atoms with Crippen molar-refractivity contribution in [1.82, 2.24) is 9.88 Å². The molecule has 0 bridgehead atoms. The van der Waals surface area contributed by atoms with Crippen molar-refractivity contribution >= 4 is 17.5 Å². The van der Waals surface area contributed by atoms with Crippen molar-refractivity contribution in [2.75, 3.05) is 26.3 Å². The van der Waals surface area contributed by atoms with E-state index in [9.17, 15) is 22.8 Å². The van der Waals surface area contributed by atoms with Gasteiger partial charge in [0, 0.05) is 11.6 Å². The summed E-state index contributed by atoms with van der Waals surface area (Å²) >= 11 is 5.97. The lowest BCUT2D eigenvalue weighted by Crippen LogP contribution is -2.48. The monoisotopic (exact) mass is 430 g/mol. The zero-order valence-electron chi connectivity index (χ0n) is 15.4. The number of pyridine rings is 1. The number of aromatic nitrogens is 1. The third kappa shape index (κ3) is 5.10. The Kier molecular flexibility index (Phi) is 6.18. The largest absolute Gasteiger partial charge is 0.491 e. The van der Waals surface area contributed by atoms with Gasteiger partial charge < -0.3 is 19.4 Å². The molecule has 1 unspecified atom stereocenters. The van der Waals surface area contributed by atoms with E-state index in [2.05, 4.69) is 0 Å². The molecule has 1 N–H and O–H groups in total. The van der Waals surface area contributed by atoms with E-state index in [0.29, 0.717) is 16.8 Å². The van der Waals surface area contributed by atoms with Gasteiger partial charge in [-0.1, -0.05) is 11.6 Å². The first-order valence-corrected chi connectivity index (χ1v) is 9.13. The third-order valence-corrected chi connectivity index (χ3v) is 4.86. The van der Waals surface area contributed by atoms with E-state index < -0.39 is 29.4 Å². The van der Waals surface area contributed by atoms with Crippen molar-refractivity contribution in [2.24, 2.45) is 0 Å². The second-order valence-electron chi connectivity index (χ2n) is 6.58. The summed E-state index contributed by atoms with van der Waals surface area (Å²) in [4.78, 5) is 27.6. The Labute approximate surface area is 169 Å². The molecule has 2 heterocycles. The zero-order chi connectivity index (χ0) is 21.2. The Hall–Kier alpha value is -2.52. The fraction of sp³-hybridized carbons (Fsp3) is 0.368. The van der Waals surface area contributed by atoms with Crippen LogP contribution in [0, 0.1) is 6.92 Å². The second-order valence-corrected chi connectivity index (χ2v) is 6.99. The molecule has 1 aliphatic heterocycles. The maximum atomic E-state index is 12.7. The van der Waals surface area contributed by atoms with Crippen molar-refractivity contribution in [1.29, 1.82) is 0 Å². The minimum Gasteiger partial charge on any atom is -0.491 e. The van der Waals surface area contributed by atoms with Crippen LogP contribution in [-0.4, -0.2) is 48.2 Å². The summed E-state index contributed by atoms with van der Waals surface area (Å²) in [6.45, 7) is 2.59. The van der Waals surface area contributed by atoms with E-state index >= 15 is 0 Å². The van der Waals surface area contributed by atoms with Crippen LogP contribution >= 0.6 is 11.6 Å². The summed E-state index contributed by atoms with van der Waals surface area (Å²) in [5, 5.41) is 0.616. The number of carbonyl (C=O) groups excluding carboxylic acids is 1. The molecule has 1 saturated heterocycles. The molecule has 0 spiro atoms. The smallest absolute Gasteiger partial charge is 0.431 e. The van der Waals surface area contributed by atoms with Crippen molar-refractivity contribution in [2.45, 2.75) is 19.2 Å². The zero-order valence-corrected chi connectivity index (χ0v) is 16.1. The minimum absolute atomic E-state index is 0.145. The lowest BCUT2D eigenvalue weighted by molar-refractivity contribution is -0.141. The molecule has 1 aromatic carbocycles. The van der Waals surface area contributed by atoms with Gasteiger partial charge in [0.2, 0.25) is 0 Å². The Bertz CT molecular complexity index is 961. The van der Waals surface area contributed by atoms with E-state index in [1.165, 1.54) is 4.90 Å². The summed E-state index contributed by atoms with van der Waals surface area (Å²) in [7, 11) is 0. The van der Waals surface area contributed by atoms with Crippen LogP contribution in [0.25, 0.3) is 0 Å². The van der Waals surface area contributed by atoms with Crippen molar-refractivity contribution in [3.8, 4) is 5.75 Å². The number of hydrogen-bond acceptors (Lipinski definition) is 4. The molecular weight excluding hydrogens is 413 g/mol. The predicted octanol–water partition coefficient (Wildman–Crippen LogP) is 3.28. The number of benzene rings is 1. The van der Waals surface area contributed by atoms with Gasteiger partial charge in [-0.3, -0.25) is 9.59 Å². The van der Waals surface area contributed by atoms with Crippen LogP contribution in [0.1, 0.15) is 21.6 Å². The van der Waals surface area contributed by atoms with Crippen molar-refractivity contribution in [3.05, 3.63) is 62.5 Å². The van der Waals surface area contributed by atoms with Gasteiger partial charge >= 0.3 is 6.18 Å². The van der Waals surface area contributed by atoms with Gasteiger partial charge in [0.25, 0.3) is 11.5 Å². The molecule has 6 nitrogen and oxygen atoms in total. The second kappa shape index (κ2) is 8.46. The van der Waals surface area contributed by atoms with E-state index in [1.807, 2.05) is 6.92 Å². The number of hydrogen-bond donors (Lipinski definition) is 1. The number of morpholine rings is 1. The molecule has 1 atom stereocenters. The Morgan fingerprint density at radius 3 is 2.76 bits per heavy atom. The number of H-pyrrole nitrogens is 1. The SMILES string of the molecule is Cc1cc(OCC2CN(C(=O)c3ccc(C(F)(F)F)[nH]c3=O)CCO2)ccc1Cl. The molecule has 29 heavy (non-hydrogen) atoms. The maximum Gasteiger partial charge on any atom is 0.431 e. The van der Waals surface area contributed by atoms with E-state index in [-0.39, 0.29) is 31.9 Å². The molecule has 1 aromatic heterocycles. The van der Waals surface area contributed by atoms with Crippen LogP contribution in [0.3, 0.4) is 0 Å². The fourth-order valence-corrected chi connectivity index (χ4v) is 3.00. The van der Waals surface area contributed by atoms with Gasteiger partial charge in [-0.25, -0.2) is 0 Å². The molecule has 10 heteroatoms. The number of nitrogens with zero attached hydrogens (tertiary/aromatic N) is 1. The minimum atomic E-state index is -4.69. The predicted molar refractivity (Wildman–Crippen MR) is 99.4 cm³/mol. The average Bonchev–Trinajstić information content (AvgIpc) is 2.68. The fourth-order valence-electron chi connectivity index (χ4n) is 2.88. The summed E-state index contributed by atoms with van der Waals surface area (Å²) in [5.74, 6) is -0.0613. The number of nitrogens with one attached hydrogen (secondary N) is 1. The van der Waals surface area contributed by atoms with Crippen molar-refractivity contribution in [3.63, 3.8) is 0 Å². The molecule has 1 amide bonds. The lowest BCUT2D eigenvalue weighted by atomic mass is 10.2. The summed E-state index contributed by atoms with van der Waals surface area (Å²) in [5.41, 5.74) is -1.79. The van der Waals surface area contributed by atoms with E-state index in [1.54, 1.807) is 23.2 Å². The summed E-state index contributed by atoms with van der Waals surface area (Å²) in [6, 6.07) is 6.76. The van der Waals surface area contributed by atoms with Crippen LogP contribution in [0.2, 0.25) is 5.02 Å². The van der Waals surface area contributed by atoms with Crippen molar-refractivity contribution < 1.29 is 27.4 Å². The molecule has 1 fully saturated rings. The number of aryl methyl sites for hydroxylation is 1. The van der Waals surface area contributed by atoms with Gasteiger partial charge in [-0.15, -0.1) is 0 Å². The van der Waals surface area contributed by atoms with Gasteiger partial charge in [0.05, 0.1) is 13.2 Å². The summed E-state index contributed by atoms with van der Waals surface area (Å²) < 4.78 is 49.3. The van der Waals surface area contributed by atoms with E-state index in [4.69, 9.17) is 21.1 Å². The highest BCUT2D eigenvalue weighted by Crippen LogP contribution is 2.26. The lowest BCUT2D eigenvalue weighted by Gasteiger charge is -2.32. The maximum absolute atomic E-state index is 12.7. The number of rotatable bonds is 4. The van der Waals surface area contributed by atoms with Gasteiger partial charge in [0.15, 0.2) is 0 Å². The number of carbonyl (C=O) groups is 1. The highest BCUT2D eigenvalue weighted by atomic mass is 35.5. The molecular formula is C19H18ClF3N2O4. The normalized spacial score (nSPS) is 17.3. The van der Waals surface area contributed by atoms with Gasteiger partial charge in [-0.2, -0.15) is 13.2 Å². The first-order chi connectivity index (χ1) is 13.6. The first-order valence-electron chi connectivity index (χ1n) is 8.75. The van der Waals surface area contributed by atoms with Crippen LogP contribution < -0.4 is 10.3 Å². The van der Waals surface area contributed by atoms with Gasteiger partial charge in [0.1, 0.15) is 29.7 Å². The molecule has 1 aliphatic rings. The van der Waals surface area contributed by atoms with Crippen LogP contribution in [0.5, 0.6) is 5.75 Å². The highest BCUT2D eigenvalue weighted by molar-refractivity contribution is 6.31. The Morgan fingerprint density at radius 2 is 2.10 bits per heavy atom. The molecule has 156 valence electrons.